The van der Waals surface area contributed by atoms with Gasteiger partial charge in [0.15, 0.2) is 0 Å². The molecule has 0 aliphatic carbocycles. The molecule has 0 saturated heterocycles. The topological polar surface area (TPSA) is 175 Å². The Morgan fingerprint density at radius 3 is 2.48 bits per heavy atom. The molecule has 1 aromatic carbocycles. The molecule has 0 unspecified atom stereocenters. The molecule has 234 valence electrons. The average Bonchev–Trinajstić information content (AvgIpc) is 3.46. The molecular formula is C31H39N7O5S. The molecule has 2 bridgehead atoms. The maximum atomic E-state index is 13.6. The third-order valence-corrected chi connectivity index (χ3v) is 8.37. The van der Waals surface area contributed by atoms with Crippen molar-refractivity contribution in [2.24, 2.45) is 5.92 Å². The molecule has 0 saturated carbocycles. The molecule has 0 radical (unpaired) electrons. The Morgan fingerprint density at radius 2 is 1.77 bits per heavy atom. The van der Waals surface area contributed by atoms with E-state index in [0.29, 0.717) is 48.8 Å². The van der Waals surface area contributed by atoms with Crippen LogP contribution < -0.4 is 26.8 Å². The molecule has 3 heterocycles. The number of aryl methyl sites for hydroxylation is 2. The van der Waals surface area contributed by atoms with Crippen LogP contribution in [0.15, 0.2) is 40.5 Å². The lowest BCUT2D eigenvalue weighted by Crippen LogP contribution is -2.49. The molecular weight excluding hydrogens is 582 g/mol. The van der Waals surface area contributed by atoms with E-state index in [0.717, 1.165) is 5.56 Å². The minimum atomic E-state index is -0.890. The fourth-order valence-electron chi connectivity index (χ4n) is 5.04. The molecule has 1 aliphatic rings. The van der Waals surface area contributed by atoms with Crippen LogP contribution in [0.2, 0.25) is 0 Å². The highest BCUT2D eigenvalue weighted by Gasteiger charge is 2.29. The van der Waals surface area contributed by atoms with Gasteiger partial charge in [0, 0.05) is 29.6 Å². The summed E-state index contributed by atoms with van der Waals surface area (Å²) in [7, 11) is 0. The zero-order valence-corrected chi connectivity index (χ0v) is 26.2. The van der Waals surface area contributed by atoms with Crippen molar-refractivity contribution < 1.29 is 19.2 Å². The van der Waals surface area contributed by atoms with Gasteiger partial charge in [-0.05, 0) is 44.6 Å². The number of amides is 4. The van der Waals surface area contributed by atoms with Crippen LogP contribution in [0, 0.1) is 19.8 Å². The summed E-state index contributed by atoms with van der Waals surface area (Å²) < 4.78 is 0. The van der Waals surface area contributed by atoms with Crippen molar-refractivity contribution in [1.29, 1.82) is 0 Å². The SMILES string of the molecule is Cc1nc(C)c(CC(=O)N[C@H]2CCCCNC(=O)[C@@H](Cc3ccccc3)NC(=O)c3csc(n3)[C@@H](C(C)C)NC2=O)c(=O)[nH]1. The van der Waals surface area contributed by atoms with E-state index in [1.807, 2.05) is 44.2 Å². The smallest absolute Gasteiger partial charge is 0.271 e. The van der Waals surface area contributed by atoms with Crippen molar-refractivity contribution in [1.82, 2.24) is 36.2 Å². The van der Waals surface area contributed by atoms with Gasteiger partial charge >= 0.3 is 0 Å². The Kier molecular flexibility index (Phi) is 11.0. The Balaban J connectivity index is 1.56. The number of fused-ring (bicyclic) bond motifs is 2. The van der Waals surface area contributed by atoms with Gasteiger partial charge in [-0.2, -0.15) is 0 Å². The van der Waals surface area contributed by atoms with E-state index in [4.69, 9.17) is 0 Å². The molecule has 4 rings (SSSR count). The number of aromatic amines is 1. The van der Waals surface area contributed by atoms with E-state index < -0.39 is 41.4 Å². The molecule has 12 nitrogen and oxygen atoms in total. The van der Waals surface area contributed by atoms with E-state index in [1.165, 1.54) is 11.3 Å². The summed E-state index contributed by atoms with van der Waals surface area (Å²) in [5, 5.41) is 13.7. The highest BCUT2D eigenvalue weighted by Crippen LogP contribution is 2.26. The van der Waals surface area contributed by atoms with Crippen molar-refractivity contribution in [3.8, 4) is 0 Å². The summed E-state index contributed by atoms with van der Waals surface area (Å²) in [6.07, 6.45) is 1.46. The van der Waals surface area contributed by atoms with Gasteiger partial charge in [-0.25, -0.2) is 9.97 Å². The van der Waals surface area contributed by atoms with Crippen LogP contribution in [0.3, 0.4) is 0 Å². The molecule has 0 fully saturated rings. The normalized spacial score (nSPS) is 20.0. The molecule has 13 heteroatoms. The summed E-state index contributed by atoms with van der Waals surface area (Å²) in [6, 6.07) is 7.23. The second-order valence-corrected chi connectivity index (χ2v) is 12.2. The summed E-state index contributed by atoms with van der Waals surface area (Å²) in [5.74, 6) is -1.30. The standard InChI is InChI=1S/C31H39N7O5S/c1-17(2)26-31-37-24(16-44-31)30(43)36-23(14-20-10-6-5-7-11-20)28(41)32-13-9-8-12-22(29(42)38-26)35-25(39)15-21-18(3)33-19(4)34-27(21)40/h5-7,10-11,16-17,22-23,26H,8-9,12-15H2,1-4H3,(H,32,41)(H,35,39)(H,36,43)(H,38,42)(H,33,34,40)/t22-,23+,26+/m0/s1. The Morgan fingerprint density at radius 1 is 1.02 bits per heavy atom. The van der Waals surface area contributed by atoms with Gasteiger partial charge in [0.1, 0.15) is 28.6 Å². The molecule has 5 N–H and O–H groups in total. The number of nitrogens with one attached hydrogen (secondary N) is 5. The number of benzene rings is 1. The monoisotopic (exact) mass is 621 g/mol. The third-order valence-electron chi connectivity index (χ3n) is 7.44. The fourth-order valence-corrected chi connectivity index (χ4v) is 6.06. The second kappa shape index (κ2) is 14.9. The van der Waals surface area contributed by atoms with Crippen molar-refractivity contribution >= 4 is 35.0 Å². The van der Waals surface area contributed by atoms with Crippen LogP contribution in [0.4, 0.5) is 0 Å². The first kappa shape index (κ1) is 32.5. The van der Waals surface area contributed by atoms with Crippen LogP contribution in [0.5, 0.6) is 0 Å². The van der Waals surface area contributed by atoms with Gasteiger partial charge in [-0.3, -0.25) is 24.0 Å². The number of thiazole rings is 1. The van der Waals surface area contributed by atoms with Crippen LogP contribution in [-0.2, 0) is 27.2 Å². The molecule has 3 atom stereocenters. The van der Waals surface area contributed by atoms with E-state index in [1.54, 1.807) is 19.2 Å². The first-order valence-corrected chi connectivity index (χ1v) is 15.6. The summed E-state index contributed by atoms with van der Waals surface area (Å²) in [4.78, 5) is 76.8. The van der Waals surface area contributed by atoms with Gasteiger partial charge in [-0.15, -0.1) is 11.3 Å². The first-order chi connectivity index (χ1) is 21.0. The highest BCUT2D eigenvalue weighted by atomic mass is 32.1. The maximum Gasteiger partial charge on any atom is 0.271 e. The number of carbonyl (C=O) groups excluding carboxylic acids is 4. The van der Waals surface area contributed by atoms with E-state index >= 15 is 0 Å². The number of H-pyrrole nitrogens is 1. The lowest BCUT2D eigenvalue weighted by Gasteiger charge is -2.25. The molecule has 3 aromatic rings. The minimum Gasteiger partial charge on any atom is -0.354 e. The molecule has 0 spiro atoms. The zero-order chi connectivity index (χ0) is 31.8. The largest absolute Gasteiger partial charge is 0.354 e. The number of aromatic nitrogens is 3. The summed E-state index contributed by atoms with van der Waals surface area (Å²) in [5.41, 5.74) is 1.36. The number of carbonyl (C=O) groups is 4. The van der Waals surface area contributed by atoms with Crippen LogP contribution >= 0.6 is 11.3 Å². The van der Waals surface area contributed by atoms with Crippen molar-refractivity contribution in [2.75, 3.05) is 6.54 Å². The summed E-state index contributed by atoms with van der Waals surface area (Å²) >= 11 is 1.24. The number of nitrogens with zero attached hydrogens (tertiary/aromatic N) is 2. The molecule has 2 aromatic heterocycles. The molecule has 44 heavy (non-hydrogen) atoms. The number of rotatable bonds is 6. The first-order valence-electron chi connectivity index (χ1n) is 14.8. The third kappa shape index (κ3) is 8.59. The van der Waals surface area contributed by atoms with Gasteiger partial charge in [0.25, 0.3) is 11.5 Å². The van der Waals surface area contributed by atoms with Crippen molar-refractivity contribution in [2.45, 2.75) is 77.9 Å². The predicted octanol–water partition coefficient (Wildman–Crippen LogP) is 2.03. The zero-order valence-electron chi connectivity index (χ0n) is 25.4. The van der Waals surface area contributed by atoms with E-state index in [2.05, 4.69) is 36.2 Å². The van der Waals surface area contributed by atoms with Crippen molar-refractivity contribution in [3.05, 3.63) is 79.4 Å². The second-order valence-electron chi connectivity index (χ2n) is 11.3. The Labute approximate surface area is 259 Å². The lowest BCUT2D eigenvalue weighted by atomic mass is 10.0. The number of hydrogen-bond donors (Lipinski definition) is 5. The number of hydrogen-bond acceptors (Lipinski definition) is 8. The van der Waals surface area contributed by atoms with Crippen LogP contribution in [0.25, 0.3) is 0 Å². The quantitative estimate of drug-likeness (QED) is 0.280. The van der Waals surface area contributed by atoms with Gasteiger partial charge < -0.3 is 26.3 Å². The molecule has 4 amide bonds. The predicted molar refractivity (Wildman–Crippen MR) is 166 cm³/mol. The van der Waals surface area contributed by atoms with Crippen LogP contribution in [0.1, 0.15) is 77.3 Å². The highest BCUT2D eigenvalue weighted by molar-refractivity contribution is 7.09. The average molecular weight is 622 g/mol. The Bertz CT molecular complexity index is 1550. The lowest BCUT2D eigenvalue weighted by molar-refractivity contribution is -0.129. The fraction of sp³-hybridized carbons (Fsp3) is 0.452. The van der Waals surface area contributed by atoms with Gasteiger partial charge in [0.05, 0.1) is 12.5 Å². The van der Waals surface area contributed by atoms with Gasteiger partial charge in [-0.1, -0.05) is 44.2 Å². The van der Waals surface area contributed by atoms with Crippen molar-refractivity contribution in [3.63, 3.8) is 0 Å². The molecule has 1 aliphatic heterocycles. The Hall–Kier alpha value is -4.39. The van der Waals surface area contributed by atoms with Gasteiger partial charge in [0.2, 0.25) is 17.7 Å². The summed E-state index contributed by atoms with van der Waals surface area (Å²) in [6.45, 7) is 7.51. The van der Waals surface area contributed by atoms with Crippen LogP contribution in [-0.4, -0.2) is 57.2 Å². The van der Waals surface area contributed by atoms with E-state index in [9.17, 15) is 24.0 Å². The minimum absolute atomic E-state index is 0.0762. The maximum absolute atomic E-state index is 13.6. The van der Waals surface area contributed by atoms with E-state index in [-0.39, 0.29) is 29.5 Å².